The highest BCUT2D eigenvalue weighted by molar-refractivity contribution is 4.92. The molecular weight excluding hydrogens is 170 g/mol. The Labute approximate surface area is 76.3 Å². The van der Waals surface area contributed by atoms with Gasteiger partial charge in [-0.2, -0.15) is 0 Å². The molecule has 1 aromatic heterocycles. The van der Waals surface area contributed by atoms with E-state index in [-0.39, 0.29) is 5.92 Å². The smallest absolute Gasteiger partial charge is 0.330 e. The molecule has 3 N–H and O–H groups in total. The van der Waals surface area contributed by atoms with Gasteiger partial charge in [0.05, 0.1) is 0 Å². The van der Waals surface area contributed by atoms with Gasteiger partial charge in [0, 0.05) is 12.5 Å². The minimum absolute atomic E-state index is 0.117. The van der Waals surface area contributed by atoms with Crippen LogP contribution < -0.4 is 11.5 Å². The van der Waals surface area contributed by atoms with Crippen molar-refractivity contribution in [2.45, 2.75) is 32.1 Å². The zero-order chi connectivity index (χ0) is 9.68. The lowest BCUT2D eigenvalue weighted by atomic mass is 10.0. The molecule has 1 unspecified atom stereocenters. The Kier molecular flexibility index (Phi) is 3.70. The van der Waals surface area contributed by atoms with Crippen LogP contribution in [0, 0.1) is 0 Å². The molecule has 0 radical (unpaired) electrons. The van der Waals surface area contributed by atoms with E-state index in [0.717, 1.165) is 19.3 Å². The Hall–Kier alpha value is -1.10. The number of nitrogens with zero attached hydrogens (tertiary/aromatic N) is 1. The van der Waals surface area contributed by atoms with E-state index in [2.05, 4.69) is 21.6 Å². The maximum atomic E-state index is 10.7. The van der Waals surface area contributed by atoms with Gasteiger partial charge in [-0.25, -0.2) is 4.79 Å². The maximum Gasteiger partial charge on any atom is 0.438 e. The van der Waals surface area contributed by atoms with Crippen LogP contribution in [-0.4, -0.2) is 16.7 Å². The molecule has 0 aromatic carbocycles. The van der Waals surface area contributed by atoms with Crippen molar-refractivity contribution in [3.8, 4) is 0 Å². The topological polar surface area (TPSA) is 84.9 Å². The van der Waals surface area contributed by atoms with E-state index < -0.39 is 5.76 Å². The first-order chi connectivity index (χ1) is 6.27. The highest BCUT2D eigenvalue weighted by atomic mass is 16.5. The van der Waals surface area contributed by atoms with E-state index in [4.69, 9.17) is 5.73 Å². The quantitative estimate of drug-likeness (QED) is 0.703. The zero-order valence-corrected chi connectivity index (χ0v) is 7.75. The third-order valence-electron chi connectivity index (χ3n) is 2.03. The molecule has 0 spiro atoms. The molecular formula is C8H15N3O2. The summed E-state index contributed by atoms with van der Waals surface area (Å²) in [6, 6.07) is 0. The molecule has 0 saturated heterocycles. The van der Waals surface area contributed by atoms with Gasteiger partial charge in [0.2, 0.25) is 0 Å². The molecule has 5 nitrogen and oxygen atoms in total. The average molecular weight is 185 g/mol. The molecule has 0 saturated carbocycles. The van der Waals surface area contributed by atoms with Gasteiger partial charge in [0.1, 0.15) is 0 Å². The van der Waals surface area contributed by atoms with Crippen LogP contribution >= 0.6 is 0 Å². The zero-order valence-electron chi connectivity index (χ0n) is 7.75. The standard InChI is InChI=1S/C8H15N3O2/c1-2-3-4-6(5-9)7-10-8(12)13-11-7/h6H,2-5,9H2,1H3,(H,10,11,12). The first-order valence-electron chi connectivity index (χ1n) is 4.53. The normalized spacial score (nSPS) is 13.1. The molecule has 1 atom stereocenters. The molecule has 1 rings (SSSR count). The predicted molar refractivity (Wildman–Crippen MR) is 48.4 cm³/mol. The molecule has 0 aliphatic rings. The minimum atomic E-state index is -0.509. The van der Waals surface area contributed by atoms with E-state index in [1.165, 1.54) is 0 Å². The van der Waals surface area contributed by atoms with Crippen molar-refractivity contribution in [2.75, 3.05) is 6.54 Å². The van der Waals surface area contributed by atoms with Crippen LogP contribution in [0.25, 0.3) is 0 Å². The molecule has 13 heavy (non-hydrogen) atoms. The largest absolute Gasteiger partial charge is 0.438 e. The molecule has 0 bridgehead atoms. The fraction of sp³-hybridized carbons (Fsp3) is 0.750. The Morgan fingerprint density at radius 2 is 2.46 bits per heavy atom. The summed E-state index contributed by atoms with van der Waals surface area (Å²) in [4.78, 5) is 13.2. The number of nitrogens with two attached hydrogens (primary N) is 1. The fourth-order valence-electron chi connectivity index (χ4n) is 1.23. The Bertz CT molecular complexity index is 292. The van der Waals surface area contributed by atoms with Crippen LogP contribution in [0.5, 0.6) is 0 Å². The maximum absolute atomic E-state index is 10.7. The lowest BCUT2D eigenvalue weighted by Gasteiger charge is -2.08. The van der Waals surface area contributed by atoms with Crippen LogP contribution in [0.4, 0.5) is 0 Å². The van der Waals surface area contributed by atoms with Gasteiger partial charge in [-0.3, -0.25) is 9.51 Å². The highest BCUT2D eigenvalue weighted by Gasteiger charge is 2.13. The summed E-state index contributed by atoms with van der Waals surface area (Å²) >= 11 is 0. The second-order valence-electron chi connectivity index (χ2n) is 3.06. The molecule has 74 valence electrons. The van der Waals surface area contributed by atoms with E-state index in [9.17, 15) is 4.79 Å². The van der Waals surface area contributed by atoms with Crippen molar-refractivity contribution in [1.29, 1.82) is 0 Å². The minimum Gasteiger partial charge on any atom is -0.330 e. The second kappa shape index (κ2) is 4.81. The molecule has 1 heterocycles. The van der Waals surface area contributed by atoms with Crippen molar-refractivity contribution < 1.29 is 4.52 Å². The number of aromatic nitrogens is 2. The van der Waals surface area contributed by atoms with Gasteiger partial charge < -0.3 is 5.73 Å². The third-order valence-corrected chi connectivity index (χ3v) is 2.03. The number of hydrogen-bond acceptors (Lipinski definition) is 4. The summed E-state index contributed by atoms with van der Waals surface area (Å²) in [5.41, 5.74) is 5.55. The number of unbranched alkanes of at least 4 members (excludes halogenated alkanes) is 1. The van der Waals surface area contributed by atoms with Crippen LogP contribution in [0.2, 0.25) is 0 Å². The Balaban J connectivity index is 2.61. The van der Waals surface area contributed by atoms with Gasteiger partial charge in [-0.15, -0.1) is 0 Å². The lowest BCUT2D eigenvalue weighted by molar-refractivity contribution is 0.375. The van der Waals surface area contributed by atoms with Crippen LogP contribution in [0.1, 0.15) is 37.9 Å². The molecule has 1 aromatic rings. The van der Waals surface area contributed by atoms with Crippen molar-refractivity contribution >= 4 is 0 Å². The molecule has 0 fully saturated rings. The number of nitrogens with one attached hydrogen (secondary N) is 1. The Morgan fingerprint density at radius 1 is 1.69 bits per heavy atom. The summed E-state index contributed by atoms with van der Waals surface area (Å²) in [5, 5.41) is 3.62. The molecule has 5 heteroatoms. The lowest BCUT2D eigenvalue weighted by Crippen LogP contribution is -2.14. The van der Waals surface area contributed by atoms with Crippen molar-refractivity contribution in [2.24, 2.45) is 5.73 Å². The summed E-state index contributed by atoms with van der Waals surface area (Å²) in [5.74, 6) is 0.178. The fourth-order valence-corrected chi connectivity index (χ4v) is 1.23. The van der Waals surface area contributed by atoms with E-state index in [0.29, 0.717) is 12.4 Å². The summed E-state index contributed by atoms with van der Waals surface area (Å²) < 4.78 is 4.41. The van der Waals surface area contributed by atoms with Crippen LogP contribution in [-0.2, 0) is 0 Å². The summed E-state index contributed by atoms with van der Waals surface area (Å²) in [6.45, 7) is 2.60. The van der Waals surface area contributed by atoms with E-state index >= 15 is 0 Å². The van der Waals surface area contributed by atoms with E-state index in [1.807, 2.05) is 0 Å². The number of aromatic amines is 1. The molecule has 0 amide bonds. The van der Waals surface area contributed by atoms with Crippen molar-refractivity contribution in [3.05, 3.63) is 16.4 Å². The van der Waals surface area contributed by atoms with E-state index in [1.54, 1.807) is 0 Å². The van der Waals surface area contributed by atoms with Crippen LogP contribution in [0.15, 0.2) is 9.32 Å². The van der Waals surface area contributed by atoms with Gasteiger partial charge in [0.25, 0.3) is 0 Å². The average Bonchev–Trinajstić information content (AvgIpc) is 2.54. The number of H-pyrrole nitrogens is 1. The van der Waals surface area contributed by atoms with Crippen molar-refractivity contribution in [1.82, 2.24) is 10.1 Å². The van der Waals surface area contributed by atoms with Crippen LogP contribution in [0.3, 0.4) is 0 Å². The first kappa shape index (κ1) is 9.98. The van der Waals surface area contributed by atoms with Gasteiger partial charge in [0.15, 0.2) is 5.82 Å². The summed E-state index contributed by atoms with van der Waals surface area (Å²) in [7, 11) is 0. The second-order valence-corrected chi connectivity index (χ2v) is 3.06. The first-order valence-corrected chi connectivity index (χ1v) is 4.53. The molecule has 0 aliphatic carbocycles. The Morgan fingerprint density at radius 3 is 2.92 bits per heavy atom. The molecule has 0 aliphatic heterocycles. The SMILES string of the molecule is CCCCC(CN)c1noc(=O)[nH]1. The number of rotatable bonds is 5. The highest BCUT2D eigenvalue weighted by Crippen LogP contribution is 2.15. The van der Waals surface area contributed by atoms with Gasteiger partial charge in [-0.05, 0) is 6.42 Å². The number of hydrogen-bond donors (Lipinski definition) is 2. The monoisotopic (exact) mass is 185 g/mol. The predicted octanol–water partition coefficient (Wildman–Crippen LogP) is 0.595. The van der Waals surface area contributed by atoms with Gasteiger partial charge >= 0.3 is 5.76 Å². The van der Waals surface area contributed by atoms with Gasteiger partial charge in [-0.1, -0.05) is 24.9 Å². The third kappa shape index (κ3) is 2.69. The van der Waals surface area contributed by atoms with Crippen molar-refractivity contribution in [3.63, 3.8) is 0 Å². The summed E-state index contributed by atoms with van der Waals surface area (Å²) in [6.07, 6.45) is 3.13.